The van der Waals surface area contributed by atoms with Crippen molar-refractivity contribution in [3.63, 3.8) is 0 Å². The summed E-state index contributed by atoms with van der Waals surface area (Å²) in [6.07, 6.45) is 3.19. The average molecular weight is 386 g/mol. The number of nitrogens with two attached hydrogens (primary N) is 1. The van der Waals surface area contributed by atoms with Gasteiger partial charge in [-0.15, -0.1) is 5.10 Å². The quantitative estimate of drug-likeness (QED) is 0.457. The fourth-order valence-electron chi connectivity index (χ4n) is 4.11. The molecule has 0 saturated carbocycles. The zero-order chi connectivity index (χ0) is 20.3. The summed E-state index contributed by atoms with van der Waals surface area (Å²) in [6.45, 7) is 4.64. The molecule has 4 aromatic rings. The summed E-state index contributed by atoms with van der Waals surface area (Å²) in [5, 5.41) is 11.2. The van der Waals surface area contributed by atoms with E-state index in [0.29, 0.717) is 11.5 Å². The fourth-order valence-corrected chi connectivity index (χ4v) is 4.11. The maximum atomic E-state index is 6.08. The van der Waals surface area contributed by atoms with Crippen molar-refractivity contribution in [2.75, 3.05) is 5.73 Å². The molecule has 0 amide bonds. The van der Waals surface area contributed by atoms with Gasteiger partial charge in [-0.1, -0.05) is 80.9 Å². The maximum absolute atomic E-state index is 6.08. The molecule has 0 aliphatic rings. The Kier molecular flexibility index (Phi) is 5.30. The summed E-state index contributed by atoms with van der Waals surface area (Å²) in [5.74, 6) is 0.674. The van der Waals surface area contributed by atoms with Gasteiger partial charge in [-0.2, -0.15) is 10.3 Å². The van der Waals surface area contributed by atoms with Crippen LogP contribution < -0.4 is 5.73 Å². The molecule has 1 unspecified atom stereocenters. The first-order valence-electron chi connectivity index (χ1n) is 10.1. The van der Waals surface area contributed by atoms with Gasteiger partial charge in [0.1, 0.15) is 11.3 Å². The van der Waals surface area contributed by atoms with Crippen molar-refractivity contribution >= 4 is 17.0 Å². The predicted octanol–water partition coefficient (Wildman–Crippen LogP) is 5.22. The van der Waals surface area contributed by atoms with Gasteiger partial charge in [0.15, 0.2) is 0 Å². The molecule has 0 fully saturated rings. The summed E-state index contributed by atoms with van der Waals surface area (Å²) < 4.78 is 0. The number of hydrogen-bond donors (Lipinski definition) is 2. The molecular formula is C24H27N5. The Morgan fingerprint density at radius 1 is 0.966 bits per heavy atom. The summed E-state index contributed by atoms with van der Waals surface area (Å²) >= 11 is 0. The number of nitrogens with one attached hydrogen (secondary N) is 1. The van der Waals surface area contributed by atoms with E-state index in [4.69, 9.17) is 5.73 Å². The molecule has 4 rings (SSSR count). The zero-order valence-electron chi connectivity index (χ0n) is 17.0. The van der Waals surface area contributed by atoms with Crippen LogP contribution in [0.15, 0.2) is 66.7 Å². The molecular weight excluding hydrogens is 358 g/mol. The molecule has 0 aliphatic carbocycles. The molecule has 2 aromatic carbocycles. The highest BCUT2D eigenvalue weighted by molar-refractivity contribution is 5.77. The highest BCUT2D eigenvalue weighted by atomic mass is 15.3. The van der Waals surface area contributed by atoms with Crippen LogP contribution in [0.1, 0.15) is 55.7 Å². The van der Waals surface area contributed by atoms with Gasteiger partial charge in [-0.05, 0) is 41.0 Å². The van der Waals surface area contributed by atoms with Crippen LogP contribution >= 0.6 is 0 Å². The Morgan fingerprint density at radius 2 is 1.66 bits per heavy atom. The summed E-state index contributed by atoms with van der Waals surface area (Å²) in [6, 6.07) is 23.3. The van der Waals surface area contributed by atoms with Crippen molar-refractivity contribution in [2.45, 2.75) is 44.4 Å². The molecule has 2 heterocycles. The molecule has 0 spiro atoms. The van der Waals surface area contributed by atoms with Crippen molar-refractivity contribution < 1.29 is 0 Å². The van der Waals surface area contributed by atoms with E-state index in [-0.39, 0.29) is 11.3 Å². The number of fused-ring (bicyclic) bond motifs is 1. The second kappa shape index (κ2) is 8.03. The summed E-state index contributed by atoms with van der Waals surface area (Å²) in [4.78, 5) is 4.30. The van der Waals surface area contributed by atoms with Crippen LogP contribution in [0.4, 0.5) is 5.82 Å². The van der Waals surface area contributed by atoms with Crippen LogP contribution in [0.25, 0.3) is 11.2 Å². The van der Waals surface area contributed by atoms with E-state index >= 15 is 0 Å². The third kappa shape index (κ3) is 4.14. The Labute approximate surface area is 171 Å². The lowest BCUT2D eigenvalue weighted by atomic mass is 9.78. The van der Waals surface area contributed by atoms with Gasteiger partial charge < -0.3 is 5.73 Å². The van der Waals surface area contributed by atoms with Crippen molar-refractivity contribution in [3.05, 3.63) is 83.4 Å². The van der Waals surface area contributed by atoms with Crippen molar-refractivity contribution in [1.82, 2.24) is 20.4 Å². The lowest BCUT2D eigenvalue weighted by Gasteiger charge is -2.27. The van der Waals surface area contributed by atoms with Gasteiger partial charge in [-0.3, -0.25) is 0 Å². The van der Waals surface area contributed by atoms with Crippen LogP contribution in [-0.4, -0.2) is 20.4 Å². The molecule has 0 aliphatic heterocycles. The Morgan fingerprint density at radius 3 is 2.38 bits per heavy atom. The number of nitrogen functional groups attached to an aromatic ring is 1. The van der Waals surface area contributed by atoms with E-state index in [2.05, 4.69) is 88.8 Å². The maximum Gasteiger partial charge on any atom is 0.203 e. The van der Waals surface area contributed by atoms with E-state index < -0.39 is 0 Å². The standard InChI is InChI=1S/C24H27N5/c1-24(2,18-12-7-4-8-13-18)15-9-14-19(17-10-5-3-6-11-17)20-16-21(25)26-23-22(20)27-29-28-23/h3-8,10-13,16,19H,9,14-15H2,1-2H3,(H3,25,26,27,28,29). The van der Waals surface area contributed by atoms with Crippen molar-refractivity contribution in [1.29, 1.82) is 0 Å². The van der Waals surface area contributed by atoms with E-state index in [0.717, 1.165) is 30.3 Å². The van der Waals surface area contributed by atoms with Gasteiger partial charge in [-0.25, -0.2) is 4.98 Å². The van der Waals surface area contributed by atoms with Gasteiger partial charge in [0.05, 0.1) is 0 Å². The van der Waals surface area contributed by atoms with Crippen LogP contribution in [-0.2, 0) is 5.41 Å². The van der Waals surface area contributed by atoms with Gasteiger partial charge in [0.2, 0.25) is 5.65 Å². The zero-order valence-corrected chi connectivity index (χ0v) is 17.0. The predicted molar refractivity (Wildman–Crippen MR) is 118 cm³/mol. The Balaban J connectivity index is 1.61. The largest absolute Gasteiger partial charge is 0.384 e. The van der Waals surface area contributed by atoms with Gasteiger partial charge >= 0.3 is 0 Å². The SMILES string of the molecule is CC(C)(CCCC(c1ccccc1)c1cc(N)nc2n[nH]nc12)c1ccccc1. The summed E-state index contributed by atoms with van der Waals surface area (Å²) in [7, 11) is 0. The fraction of sp³-hybridized carbons (Fsp3) is 0.292. The smallest absolute Gasteiger partial charge is 0.203 e. The van der Waals surface area contributed by atoms with E-state index in [1.54, 1.807) is 0 Å². The Hall–Kier alpha value is -3.21. The lowest BCUT2D eigenvalue weighted by molar-refractivity contribution is 0.444. The third-order valence-electron chi connectivity index (χ3n) is 5.77. The molecule has 29 heavy (non-hydrogen) atoms. The number of rotatable bonds is 7. The number of anilines is 1. The van der Waals surface area contributed by atoms with Crippen LogP contribution in [0, 0.1) is 0 Å². The highest BCUT2D eigenvalue weighted by Crippen LogP contribution is 2.36. The van der Waals surface area contributed by atoms with Crippen molar-refractivity contribution in [3.8, 4) is 0 Å². The minimum absolute atomic E-state index is 0.128. The minimum Gasteiger partial charge on any atom is -0.384 e. The van der Waals surface area contributed by atoms with Crippen LogP contribution in [0.2, 0.25) is 0 Å². The Bertz CT molecular complexity index is 1070. The first kappa shape index (κ1) is 19.1. The average Bonchev–Trinajstić information content (AvgIpc) is 3.20. The number of pyridine rings is 1. The van der Waals surface area contributed by atoms with E-state index in [9.17, 15) is 0 Å². The number of aromatic amines is 1. The second-order valence-electron chi connectivity index (χ2n) is 8.24. The van der Waals surface area contributed by atoms with Crippen LogP contribution in [0.3, 0.4) is 0 Å². The number of hydrogen-bond acceptors (Lipinski definition) is 4. The normalized spacial score (nSPS) is 12.9. The monoisotopic (exact) mass is 385 g/mol. The number of H-pyrrole nitrogens is 1. The molecule has 1 atom stereocenters. The number of aromatic nitrogens is 4. The third-order valence-corrected chi connectivity index (χ3v) is 5.77. The second-order valence-corrected chi connectivity index (χ2v) is 8.24. The van der Waals surface area contributed by atoms with Gasteiger partial charge in [0.25, 0.3) is 0 Å². The van der Waals surface area contributed by atoms with E-state index in [1.165, 1.54) is 11.1 Å². The van der Waals surface area contributed by atoms with E-state index in [1.807, 2.05) is 12.1 Å². The molecule has 0 bridgehead atoms. The molecule has 0 saturated heterocycles. The lowest BCUT2D eigenvalue weighted by Crippen LogP contribution is -2.17. The highest BCUT2D eigenvalue weighted by Gasteiger charge is 2.23. The first-order chi connectivity index (χ1) is 14.0. The minimum atomic E-state index is 0.128. The molecule has 5 heteroatoms. The molecule has 0 radical (unpaired) electrons. The summed E-state index contributed by atoms with van der Waals surface area (Å²) in [5.41, 5.74) is 11.3. The van der Waals surface area contributed by atoms with Crippen molar-refractivity contribution in [2.24, 2.45) is 0 Å². The molecule has 5 nitrogen and oxygen atoms in total. The first-order valence-corrected chi connectivity index (χ1v) is 10.1. The molecule has 3 N–H and O–H groups in total. The number of benzene rings is 2. The van der Waals surface area contributed by atoms with Crippen LogP contribution in [0.5, 0.6) is 0 Å². The molecule has 148 valence electrons. The molecule has 2 aromatic heterocycles. The topological polar surface area (TPSA) is 80.5 Å². The van der Waals surface area contributed by atoms with Gasteiger partial charge in [0, 0.05) is 5.92 Å². The number of nitrogens with zero attached hydrogens (tertiary/aromatic N) is 3.